The van der Waals surface area contributed by atoms with Gasteiger partial charge >= 0.3 is 5.97 Å². The van der Waals surface area contributed by atoms with Gasteiger partial charge in [-0.05, 0) is 96.4 Å². The molecule has 3 aromatic carbocycles. The SMILES string of the molecule is CC#C[C@@H](CC(=O)O)c1ccc(CCc2ccc3c(c2)-c2ccc(COC4CCS(=O)(=O)CC4)cc2CCC3)cc1. The fourth-order valence-electron chi connectivity index (χ4n) is 5.98. The molecular formula is C35H38O5S. The molecule has 1 heterocycles. The van der Waals surface area contributed by atoms with Gasteiger partial charge in [0, 0.05) is 0 Å². The molecule has 6 heteroatoms. The minimum absolute atomic E-state index is 0.0121. The van der Waals surface area contributed by atoms with Crippen LogP contribution in [-0.2, 0) is 51.7 Å². The molecule has 0 amide bonds. The zero-order chi connectivity index (χ0) is 28.8. The molecular weight excluding hydrogens is 532 g/mol. The number of carboxylic acids is 1. The molecule has 0 spiro atoms. The molecule has 0 saturated carbocycles. The maximum atomic E-state index is 11.7. The zero-order valence-electron chi connectivity index (χ0n) is 23.7. The first-order chi connectivity index (χ1) is 19.8. The summed E-state index contributed by atoms with van der Waals surface area (Å²) in [6.45, 7) is 2.26. The Hall–Kier alpha value is -3.40. The molecule has 5 nitrogen and oxygen atoms in total. The quantitative estimate of drug-likeness (QED) is 0.305. The van der Waals surface area contributed by atoms with Crippen LogP contribution in [0.15, 0.2) is 60.7 Å². The fraction of sp³-hybridized carbons (Fsp3) is 0.400. The second-order valence-electron chi connectivity index (χ2n) is 11.3. The van der Waals surface area contributed by atoms with E-state index in [4.69, 9.17) is 4.74 Å². The summed E-state index contributed by atoms with van der Waals surface area (Å²) in [6, 6.07) is 21.8. The van der Waals surface area contributed by atoms with Crippen molar-refractivity contribution in [2.24, 2.45) is 0 Å². The van der Waals surface area contributed by atoms with Gasteiger partial charge in [0.25, 0.3) is 0 Å². The molecule has 2 aliphatic rings. The number of fused-ring (bicyclic) bond motifs is 3. The molecule has 1 N–H and O–H groups in total. The monoisotopic (exact) mass is 570 g/mol. The van der Waals surface area contributed by atoms with Crippen molar-refractivity contribution < 1.29 is 23.1 Å². The average Bonchev–Trinajstić information content (AvgIpc) is 3.14. The van der Waals surface area contributed by atoms with Crippen molar-refractivity contribution in [3.8, 4) is 23.0 Å². The van der Waals surface area contributed by atoms with Gasteiger partial charge in [-0.3, -0.25) is 4.79 Å². The van der Waals surface area contributed by atoms with Crippen LogP contribution in [0.5, 0.6) is 0 Å². The maximum Gasteiger partial charge on any atom is 0.304 e. The Balaban J connectivity index is 1.25. The lowest BCUT2D eigenvalue weighted by molar-refractivity contribution is -0.137. The molecule has 3 aromatic rings. The van der Waals surface area contributed by atoms with Gasteiger partial charge < -0.3 is 9.84 Å². The van der Waals surface area contributed by atoms with E-state index in [0.717, 1.165) is 43.2 Å². The number of ether oxygens (including phenoxy) is 1. The van der Waals surface area contributed by atoms with Gasteiger partial charge in [0.05, 0.1) is 36.6 Å². The predicted molar refractivity (Wildman–Crippen MR) is 163 cm³/mol. The van der Waals surface area contributed by atoms with E-state index in [1.807, 2.05) is 12.1 Å². The molecule has 5 rings (SSSR count). The number of sulfone groups is 1. The molecule has 1 atom stereocenters. The summed E-state index contributed by atoms with van der Waals surface area (Å²) in [6.07, 6.45) is 6.26. The number of rotatable bonds is 9. The van der Waals surface area contributed by atoms with E-state index in [2.05, 4.69) is 60.4 Å². The third kappa shape index (κ3) is 7.67. The lowest BCUT2D eigenvalue weighted by Gasteiger charge is -2.22. The molecule has 0 aromatic heterocycles. The summed E-state index contributed by atoms with van der Waals surface area (Å²) < 4.78 is 29.5. The van der Waals surface area contributed by atoms with Crippen LogP contribution in [-0.4, -0.2) is 37.1 Å². The van der Waals surface area contributed by atoms with Crippen molar-refractivity contribution in [1.29, 1.82) is 0 Å². The van der Waals surface area contributed by atoms with Crippen molar-refractivity contribution in [3.63, 3.8) is 0 Å². The minimum Gasteiger partial charge on any atom is -0.481 e. The number of aliphatic carboxylic acids is 1. The Kier molecular flexibility index (Phi) is 9.27. The zero-order valence-corrected chi connectivity index (χ0v) is 24.5. The smallest absolute Gasteiger partial charge is 0.304 e. The molecule has 0 unspecified atom stereocenters. The highest BCUT2D eigenvalue weighted by atomic mass is 32.2. The predicted octanol–water partition coefficient (Wildman–Crippen LogP) is 6.30. The Morgan fingerprint density at radius 1 is 0.902 bits per heavy atom. The van der Waals surface area contributed by atoms with Crippen LogP contribution >= 0.6 is 0 Å². The van der Waals surface area contributed by atoms with E-state index < -0.39 is 15.8 Å². The lowest BCUT2D eigenvalue weighted by atomic mass is 9.91. The van der Waals surface area contributed by atoms with Gasteiger partial charge in [-0.1, -0.05) is 66.6 Å². The Morgan fingerprint density at radius 2 is 1.59 bits per heavy atom. The van der Waals surface area contributed by atoms with Crippen molar-refractivity contribution in [2.75, 3.05) is 11.5 Å². The summed E-state index contributed by atoms with van der Waals surface area (Å²) in [5.41, 5.74) is 10.0. The summed E-state index contributed by atoms with van der Waals surface area (Å²) in [5.74, 6) is 5.22. The topological polar surface area (TPSA) is 80.7 Å². The molecule has 214 valence electrons. The minimum atomic E-state index is -2.88. The van der Waals surface area contributed by atoms with Crippen molar-refractivity contribution in [2.45, 2.75) is 76.9 Å². The normalized spacial score (nSPS) is 16.9. The van der Waals surface area contributed by atoms with Gasteiger partial charge in [0.15, 0.2) is 9.84 Å². The molecule has 1 aliphatic carbocycles. The molecule has 1 saturated heterocycles. The summed E-state index contributed by atoms with van der Waals surface area (Å²) in [5, 5.41) is 9.21. The Morgan fingerprint density at radius 3 is 2.32 bits per heavy atom. The van der Waals surface area contributed by atoms with Gasteiger partial charge in [0.1, 0.15) is 0 Å². The van der Waals surface area contributed by atoms with Gasteiger partial charge in [0.2, 0.25) is 0 Å². The largest absolute Gasteiger partial charge is 0.481 e. The third-order valence-electron chi connectivity index (χ3n) is 8.30. The number of carbonyl (C=O) groups is 1. The standard InChI is InChI=1S/C35H38O5S/c1-2-4-30(23-35(36)37)28-13-9-25(10-14-28)7-8-26-11-15-29-5-3-6-31-21-27(12-16-33(31)34(29)22-26)24-40-32-17-19-41(38,39)20-18-32/h9-16,21-22,30,32H,3,5-8,17-20,23-24H2,1H3,(H,36,37)/t30-/m0/s1. The second kappa shape index (κ2) is 13.1. The van der Waals surface area contributed by atoms with Crippen molar-refractivity contribution in [3.05, 3.63) is 94.0 Å². The van der Waals surface area contributed by atoms with Gasteiger partial charge in [-0.15, -0.1) is 5.92 Å². The third-order valence-corrected chi connectivity index (χ3v) is 10.0. The van der Waals surface area contributed by atoms with Crippen LogP contribution in [0, 0.1) is 11.8 Å². The van der Waals surface area contributed by atoms with Gasteiger partial charge in [-0.2, -0.15) is 0 Å². The van der Waals surface area contributed by atoms with E-state index in [-0.39, 0.29) is 29.9 Å². The molecule has 1 aliphatic heterocycles. The molecule has 1 fully saturated rings. The number of hydrogen-bond donors (Lipinski definition) is 1. The first kappa shape index (κ1) is 29.1. The van der Waals surface area contributed by atoms with E-state index >= 15 is 0 Å². The summed E-state index contributed by atoms with van der Waals surface area (Å²) >= 11 is 0. The van der Waals surface area contributed by atoms with Crippen LogP contribution in [0.3, 0.4) is 0 Å². The first-order valence-corrected chi connectivity index (χ1v) is 16.4. The van der Waals surface area contributed by atoms with Crippen molar-refractivity contribution in [1.82, 2.24) is 0 Å². The van der Waals surface area contributed by atoms with Crippen LogP contribution in [0.4, 0.5) is 0 Å². The van der Waals surface area contributed by atoms with Crippen LogP contribution in [0.2, 0.25) is 0 Å². The van der Waals surface area contributed by atoms with E-state index in [1.54, 1.807) is 6.92 Å². The van der Waals surface area contributed by atoms with Gasteiger partial charge in [-0.25, -0.2) is 8.42 Å². The highest BCUT2D eigenvalue weighted by Gasteiger charge is 2.24. The van der Waals surface area contributed by atoms with E-state index in [0.29, 0.717) is 19.4 Å². The first-order valence-electron chi connectivity index (χ1n) is 14.6. The molecule has 41 heavy (non-hydrogen) atoms. The number of benzene rings is 3. The average molecular weight is 571 g/mol. The summed E-state index contributed by atoms with van der Waals surface area (Å²) in [7, 11) is -2.88. The highest BCUT2D eigenvalue weighted by Crippen LogP contribution is 2.34. The van der Waals surface area contributed by atoms with Crippen LogP contribution < -0.4 is 0 Å². The summed E-state index contributed by atoms with van der Waals surface area (Å²) in [4.78, 5) is 11.2. The lowest BCUT2D eigenvalue weighted by Crippen LogP contribution is -2.28. The van der Waals surface area contributed by atoms with E-state index in [1.165, 1.54) is 33.4 Å². The number of aryl methyl sites for hydroxylation is 4. The molecule has 0 radical (unpaired) electrons. The highest BCUT2D eigenvalue weighted by molar-refractivity contribution is 7.91. The number of hydrogen-bond acceptors (Lipinski definition) is 4. The van der Waals surface area contributed by atoms with Crippen LogP contribution in [0.1, 0.15) is 71.9 Å². The molecule has 0 bridgehead atoms. The number of carboxylic acid groups (broad SMARTS) is 1. The second-order valence-corrected chi connectivity index (χ2v) is 13.6. The Labute approximate surface area is 243 Å². The van der Waals surface area contributed by atoms with E-state index in [9.17, 15) is 18.3 Å². The maximum absolute atomic E-state index is 11.7. The fourth-order valence-corrected chi connectivity index (χ4v) is 7.43. The van der Waals surface area contributed by atoms with Crippen LogP contribution in [0.25, 0.3) is 11.1 Å². The Bertz CT molecular complexity index is 1550. The van der Waals surface area contributed by atoms with Crippen molar-refractivity contribution >= 4 is 15.8 Å².